The summed E-state index contributed by atoms with van der Waals surface area (Å²) in [5.41, 5.74) is 2.58. The molecule has 0 radical (unpaired) electrons. The van der Waals surface area contributed by atoms with Gasteiger partial charge in [0.1, 0.15) is 12.4 Å². The van der Waals surface area contributed by atoms with Gasteiger partial charge in [0, 0.05) is 5.92 Å². The van der Waals surface area contributed by atoms with Crippen LogP contribution >= 0.6 is 0 Å². The molecule has 0 spiro atoms. The molecule has 0 aliphatic rings. The molecule has 2 heterocycles. The number of hydrogen-bond donors (Lipinski definition) is 0. The third-order valence-corrected chi connectivity index (χ3v) is 3.53. The van der Waals surface area contributed by atoms with Gasteiger partial charge in [-0.3, -0.25) is 4.79 Å². The fourth-order valence-electron chi connectivity index (χ4n) is 2.29. The van der Waals surface area contributed by atoms with Crippen LogP contribution in [0.15, 0.2) is 54.9 Å². The van der Waals surface area contributed by atoms with Crippen molar-refractivity contribution in [3.63, 3.8) is 0 Å². The zero-order valence-electron chi connectivity index (χ0n) is 12.7. The number of carbonyl (C=O) groups is 1. The molecule has 2 aromatic heterocycles. The average Bonchev–Trinajstić information content (AvgIpc) is 2.96. The summed E-state index contributed by atoms with van der Waals surface area (Å²) in [4.78, 5) is 12.1. The molecule has 1 aromatic carbocycles. The summed E-state index contributed by atoms with van der Waals surface area (Å²) in [6.07, 6.45) is 3.42. The van der Waals surface area contributed by atoms with Gasteiger partial charge in [-0.05, 0) is 17.7 Å². The summed E-state index contributed by atoms with van der Waals surface area (Å²) in [5.74, 6) is 0.790. The minimum Gasteiger partial charge on any atom is -0.487 e. The highest BCUT2D eigenvalue weighted by molar-refractivity contribution is 6.03. The number of Topliss-reactive ketones (excluding diaryl/α,β-unsaturated/α-hetero) is 1. The van der Waals surface area contributed by atoms with Gasteiger partial charge in [-0.25, -0.2) is 4.52 Å². The Morgan fingerprint density at radius 3 is 2.68 bits per heavy atom. The molecule has 0 aliphatic heterocycles. The summed E-state index contributed by atoms with van der Waals surface area (Å²) in [6, 6.07) is 13.7. The second-order valence-corrected chi connectivity index (χ2v) is 5.55. The van der Waals surface area contributed by atoms with E-state index in [2.05, 4.69) is 5.10 Å². The van der Waals surface area contributed by atoms with Crippen LogP contribution in [-0.2, 0) is 6.61 Å². The molecule has 4 nitrogen and oxygen atoms in total. The van der Waals surface area contributed by atoms with Crippen LogP contribution in [0.5, 0.6) is 5.75 Å². The number of pyridine rings is 1. The van der Waals surface area contributed by atoms with Crippen LogP contribution in [0, 0.1) is 5.92 Å². The van der Waals surface area contributed by atoms with E-state index in [0.29, 0.717) is 12.2 Å². The van der Waals surface area contributed by atoms with Crippen LogP contribution in [0.4, 0.5) is 0 Å². The Balaban J connectivity index is 1.81. The maximum atomic E-state index is 12.1. The topological polar surface area (TPSA) is 43.6 Å². The van der Waals surface area contributed by atoms with Gasteiger partial charge in [0.2, 0.25) is 0 Å². The molecule has 22 heavy (non-hydrogen) atoms. The Morgan fingerprint density at radius 2 is 1.95 bits per heavy atom. The molecular weight excluding hydrogens is 276 g/mol. The van der Waals surface area contributed by atoms with E-state index in [1.165, 1.54) is 0 Å². The molecule has 0 bridgehead atoms. The predicted octanol–water partition coefficient (Wildman–Crippen LogP) is 3.75. The molecule has 4 heteroatoms. The number of benzene rings is 1. The first-order chi connectivity index (χ1) is 10.6. The van der Waals surface area contributed by atoms with Crippen molar-refractivity contribution in [2.24, 2.45) is 5.92 Å². The maximum Gasteiger partial charge on any atom is 0.169 e. The number of nitrogens with zero attached hydrogens (tertiary/aromatic N) is 2. The van der Waals surface area contributed by atoms with Gasteiger partial charge in [-0.1, -0.05) is 44.2 Å². The minimum atomic E-state index is -0.0398. The monoisotopic (exact) mass is 294 g/mol. The summed E-state index contributed by atoms with van der Waals surface area (Å²) < 4.78 is 7.46. The lowest BCUT2D eigenvalue weighted by molar-refractivity contribution is 0.0941. The Hall–Kier alpha value is -2.62. The molecule has 3 aromatic rings. The largest absolute Gasteiger partial charge is 0.487 e. The molecule has 0 atom stereocenters. The van der Waals surface area contributed by atoms with Crippen LogP contribution < -0.4 is 4.74 Å². The Kier molecular flexibility index (Phi) is 3.92. The maximum absolute atomic E-state index is 12.1. The number of rotatable bonds is 5. The number of ether oxygens (including phenoxy) is 1. The van der Waals surface area contributed by atoms with Crippen molar-refractivity contribution in [2.45, 2.75) is 20.5 Å². The van der Waals surface area contributed by atoms with Crippen molar-refractivity contribution < 1.29 is 9.53 Å². The quantitative estimate of drug-likeness (QED) is 0.673. The van der Waals surface area contributed by atoms with E-state index in [9.17, 15) is 4.79 Å². The van der Waals surface area contributed by atoms with E-state index in [0.717, 1.165) is 16.8 Å². The summed E-state index contributed by atoms with van der Waals surface area (Å²) in [7, 11) is 0. The Morgan fingerprint density at radius 1 is 1.18 bits per heavy atom. The molecule has 0 amide bonds. The molecule has 0 aliphatic carbocycles. The average molecular weight is 294 g/mol. The van der Waals surface area contributed by atoms with Crippen LogP contribution in [0.2, 0.25) is 0 Å². The smallest absolute Gasteiger partial charge is 0.169 e. The lowest BCUT2D eigenvalue weighted by Crippen LogP contribution is -2.06. The summed E-state index contributed by atoms with van der Waals surface area (Å²) >= 11 is 0. The van der Waals surface area contributed by atoms with Gasteiger partial charge in [0.25, 0.3) is 0 Å². The van der Waals surface area contributed by atoms with E-state index in [-0.39, 0.29) is 11.7 Å². The molecule has 0 fully saturated rings. The van der Waals surface area contributed by atoms with E-state index < -0.39 is 0 Å². The first kappa shape index (κ1) is 14.3. The Labute approximate surface area is 129 Å². The molecule has 0 N–H and O–H groups in total. The normalized spacial score (nSPS) is 11.0. The van der Waals surface area contributed by atoms with Gasteiger partial charge in [-0.15, -0.1) is 0 Å². The van der Waals surface area contributed by atoms with E-state index in [4.69, 9.17) is 4.74 Å². The lowest BCUT2D eigenvalue weighted by Gasteiger charge is -2.07. The number of hydrogen-bond acceptors (Lipinski definition) is 3. The summed E-state index contributed by atoms with van der Waals surface area (Å²) in [5, 5.41) is 4.25. The summed E-state index contributed by atoms with van der Waals surface area (Å²) in [6.45, 7) is 4.29. The Bertz CT molecular complexity index is 791. The number of ketones is 1. The molecule has 0 saturated carbocycles. The van der Waals surface area contributed by atoms with Crippen molar-refractivity contribution in [1.82, 2.24) is 9.61 Å². The second-order valence-electron chi connectivity index (χ2n) is 5.55. The number of aromatic nitrogens is 2. The van der Waals surface area contributed by atoms with E-state index in [1.54, 1.807) is 16.9 Å². The third kappa shape index (κ3) is 2.86. The van der Waals surface area contributed by atoms with Crippen molar-refractivity contribution in [1.29, 1.82) is 0 Å². The van der Waals surface area contributed by atoms with Gasteiger partial charge < -0.3 is 4.74 Å². The van der Waals surface area contributed by atoms with Gasteiger partial charge >= 0.3 is 0 Å². The highest BCUT2D eigenvalue weighted by Gasteiger charge is 2.16. The van der Waals surface area contributed by atoms with E-state index >= 15 is 0 Å². The van der Waals surface area contributed by atoms with Crippen LogP contribution in [0.1, 0.15) is 29.8 Å². The number of carbonyl (C=O) groups excluding carboxylic acids is 1. The van der Waals surface area contributed by atoms with Crippen molar-refractivity contribution >= 4 is 11.3 Å². The fraction of sp³-hybridized carbons (Fsp3) is 0.222. The van der Waals surface area contributed by atoms with Crippen LogP contribution in [-0.4, -0.2) is 15.4 Å². The lowest BCUT2D eigenvalue weighted by atomic mass is 10.0. The fourth-order valence-corrected chi connectivity index (χ4v) is 2.29. The third-order valence-electron chi connectivity index (χ3n) is 3.53. The van der Waals surface area contributed by atoms with Crippen LogP contribution in [0.3, 0.4) is 0 Å². The molecule has 0 unspecified atom stereocenters. The van der Waals surface area contributed by atoms with Gasteiger partial charge in [0.05, 0.1) is 23.5 Å². The molecular formula is C18H18N2O2. The standard InChI is InChI=1S/C18H18N2O2/c1-13(2)18(21)16-10-19-20-11-15(8-9-17(16)20)22-12-14-6-4-3-5-7-14/h3-11,13H,12H2,1-2H3. The minimum absolute atomic E-state index is 0.0398. The zero-order chi connectivity index (χ0) is 15.5. The molecule has 0 saturated heterocycles. The van der Waals surface area contributed by atoms with Crippen LogP contribution in [0.25, 0.3) is 5.52 Å². The molecule has 3 rings (SSSR count). The SMILES string of the molecule is CC(C)C(=O)c1cnn2cc(OCc3ccccc3)ccc12. The zero-order valence-corrected chi connectivity index (χ0v) is 12.7. The van der Waals surface area contributed by atoms with Crippen molar-refractivity contribution in [3.05, 3.63) is 66.0 Å². The van der Waals surface area contributed by atoms with E-state index in [1.807, 2.05) is 56.3 Å². The first-order valence-electron chi connectivity index (χ1n) is 7.33. The predicted molar refractivity (Wildman–Crippen MR) is 85.1 cm³/mol. The van der Waals surface area contributed by atoms with Gasteiger partial charge in [0.15, 0.2) is 5.78 Å². The highest BCUT2D eigenvalue weighted by Crippen LogP contribution is 2.19. The van der Waals surface area contributed by atoms with Crippen molar-refractivity contribution in [2.75, 3.05) is 0 Å². The molecule has 112 valence electrons. The first-order valence-corrected chi connectivity index (χ1v) is 7.33. The van der Waals surface area contributed by atoms with Gasteiger partial charge in [-0.2, -0.15) is 5.10 Å². The number of fused-ring (bicyclic) bond motifs is 1. The van der Waals surface area contributed by atoms with Crippen molar-refractivity contribution in [3.8, 4) is 5.75 Å². The highest BCUT2D eigenvalue weighted by atomic mass is 16.5. The second kappa shape index (κ2) is 6.02.